The largest absolute Gasteiger partial charge is 0.489 e. The Labute approximate surface area is 212 Å². The third-order valence-corrected chi connectivity index (χ3v) is 5.96. The van der Waals surface area contributed by atoms with Gasteiger partial charge in [-0.05, 0) is 42.0 Å². The second-order valence-corrected chi connectivity index (χ2v) is 9.39. The van der Waals surface area contributed by atoms with Crippen LogP contribution in [-0.2, 0) is 22.6 Å². The second-order valence-electron chi connectivity index (χ2n) is 9.39. The number of hydrogen-bond acceptors (Lipinski definition) is 7. The van der Waals surface area contributed by atoms with Crippen molar-refractivity contribution in [3.8, 4) is 5.75 Å². The number of nitrogens with zero attached hydrogens (tertiary/aromatic N) is 1. The van der Waals surface area contributed by atoms with Crippen molar-refractivity contribution in [3.63, 3.8) is 0 Å². The molecule has 0 saturated carbocycles. The number of morpholine rings is 1. The SMILES string of the molecule is CC(C)C[C@@H](N[C@@H](Cc1ccc(OCc2ccccc2)cc1)C(=O)NC(=O)N1CCOCC1)B(O)O. The van der Waals surface area contributed by atoms with E-state index in [0.29, 0.717) is 45.1 Å². The third-order valence-electron chi connectivity index (χ3n) is 5.96. The molecule has 2 atom stereocenters. The minimum Gasteiger partial charge on any atom is -0.489 e. The summed E-state index contributed by atoms with van der Waals surface area (Å²) in [4.78, 5) is 27.3. The van der Waals surface area contributed by atoms with Crippen LogP contribution in [0.3, 0.4) is 0 Å². The second kappa shape index (κ2) is 14.0. The van der Waals surface area contributed by atoms with Gasteiger partial charge in [0.1, 0.15) is 12.4 Å². The number of rotatable bonds is 11. The van der Waals surface area contributed by atoms with Crippen molar-refractivity contribution in [2.24, 2.45) is 5.92 Å². The van der Waals surface area contributed by atoms with E-state index in [1.54, 1.807) is 0 Å². The van der Waals surface area contributed by atoms with E-state index in [0.717, 1.165) is 11.1 Å². The fourth-order valence-electron chi connectivity index (χ4n) is 4.01. The topological polar surface area (TPSA) is 120 Å². The summed E-state index contributed by atoms with van der Waals surface area (Å²) in [5.41, 5.74) is 1.90. The van der Waals surface area contributed by atoms with Gasteiger partial charge in [0.2, 0.25) is 5.91 Å². The molecule has 0 aromatic heterocycles. The van der Waals surface area contributed by atoms with Crippen LogP contribution in [0.25, 0.3) is 0 Å². The number of imide groups is 1. The highest BCUT2D eigenvalue weighted by atomic mass is 16.5. The first-order chi connectivity index (χ1) is 17.3. The Balaban J connectivity index is 1.67. The minimum absolute atomic E-state index is 0.170. The molecule has 3 amide bonds. The van der Waals surface area contributed by atoms with Gasteiger partial charge < -0.3 is 29.7 Å². The van der Waals surface area contributed by atoms with E-state index in [2.05, 4.69) is 10.6 Å². The van der Waals surface area contributed by atoms with Crippen LogP contribution < -0.4 is 15.4 Å². The zero-order valence-corrected chi connectivity index (χ0v) is 20.9. The van der Waals surface area contributed by atoms with E-state index >= 15 is 0 Å². The lowest BCUT2D eigenvalue weighted by molar-refractivity contribution is -0.122. The highest BCUT2D eigenvalue weighted by Gasteiger charge is 2.31. The molecule has 0 unspecified atom stereocenters. The lowest BCUT2D eigenvalue weighted by atomic mass is 9.74. The van der Waals surface area contributed by atoms with Crippen LogP contribution in [0.5, 0.6) is 5.75 Å². The fourth-order valence-corrected chi connectivity index (χ4v) is 4.01. The zero-order chi connectivity index (χ0) is 25.9. The van der Waals surface area contributed by atoms with Crippen molar-refractivity contribution in [1.29, 1.82) is 0 Å². The molecule has 9 nitrogen and oxygen atoms in total. The molecule has 1 heterocycles. The molecule has 1 aliphatic rings. The molecule has 0 aliphatic carbocycles. The number of carbonyl (C=O) groups is 2. The predicted octanol–water partition coefficient (Wildman–Crippen LogP) is 1.76. The molecular formula is C26H36BN3O6. The van der Waals surface area contributed by atoms with E-state index in [9.17, 15) is 19.6 Å². The molecule has 1 saturated heterocycles. The summed E-state index contributed by atoms with van der Waals surface area (Å²) < 4.78 is 11.1. The average molecular weight is 497 g/mol. The number of ether oxygens (including phenoxy) is 2. The van der Waals surface area contributed by atoms with Crippen molar-refractivity contribution >= 4 is 19.1 Å². The molecule has 0 spiro atoms. The van der Waals surface area contributed by atoms with Crippen molar-refractivity contribution in [2.75, 3.05) is 26.3 Å². The van der Waals surface area contributed by atoms with Gasteiger partial charge in [-0.2, -0.15) is 0 Å². The summed E-state index contributed by atoms with van der Waals surface area (Å²) >= 11 is 0. The number of nitrogens with one attached hydrogen (secondary N) is 2. The first kappa shape index (κ1) is 27.7. The molecule has 2 aromatic carbocycles. The van der Waals surface area contributed by atoms with Crippen molar-refractivity contribution in [1.82, 2.24) is 15.5 Å². The number of carbonyl (C=O) groups excluding carboxylic acids is 2. The standard InChI is InChI=1S/C26H36BN3O6/c1-19(2)16-24(27(33)34)28-23(25(31)29-26(32)30-12-14-35-15-13-30)17-20-8-10-22(11-9-20)36-18-21-6-4-3-5-7-21/h3-11,19,23-24,28,33-34H,12-18H2,1-2H3,(H,29,31,32)/t23-,24+/m0/s1. The van der Waals surface area contributed by atoms with E-state index in [-0.39, 0.29) is 12.3 Å². The Morgan fingerprint density at radius 3 is 2.31 bits per heavy atom. The van der Waals surface area contributed by atoms with Gasteiger partial charge in [0.15, 0.2) is 0 Å². The number of hydrogen-bond donors (Lipinski definition) is 4. The van der Waals surface area contributed by atoms with Gasteiger partial charge in [-0.15, -0.1) is 0 Å². The van der Waals surface area contributed by atoms with Gasteiger partial charge in [-0.1, -0.05) is 56.3 Å². The number of urea groups is 1. The Kier molecular flexibility index (Phi) is 10.7. The van der Waals surface area contributed by atoms with Gasteiger partial charge in [0, 0.05) is 19.0 Å². The molecule has 2 aromatic rings. The van der Waals surface area contributed by atoms with Gasteiger partial charge in [-0.25, -0.2) is 4.79 Å². The zero-order valence-electron chi connectivity index (χ0n) is 20.9. The van der Waals surface area contributed by atoms with Crippen LogP contribution in [0.1, 0.15) is 31.4 Å². The Morgan fingerprint density at radius 2 is 1.69 bits per heavy atom. The first-order valence-corrected chi connectivity index (χ1v) is 12.4. The normalized spacial score (nSPS) is 15.3. The molecule has 3 rings (SSSR count). The smallest absolute Gasteiger partial charge is 0.469 e. The van der Waals surface area contributed by atoms with Crippen molar-refractivity contribution < 1.29 is 29.1 Å². The van der Waals surface area contributed by atoms with Crippen LogP contribution >= 0.6 is 0 Å². The summed E-state index contributed by atoms with van der Waals surface area (Å²) in [7, 11) is -1.65. The van der Waals surface area contributed by atoms with E-state index in [1.807, 2.05) is 68.4 Å². The highest BCUT2D eigenvalue weighted by molar-refractivity contribution is 6.43. The van der Waals surface area contributed by atoms with E-state index in [4.69, 9.17) is 9.47 Å². The average Bonchev–Trinajstić information content (AvgIpc) is 2.88. The maximum atomic E-state index is 13.1. The van der Waals surface area contributed by atoms with Crippen LogP contribution in [0.2, 0.25) is 0 Å². The summed E-state index contributed by atoms with van der Waals surface area (Å²) in [5.74, 6) is -0.385. The summed E-state index contributed by atoms with van der Waals surface area (Å²) in [5, 5.41) is 25.3. The molecule has 1 aliphatic heterocycles. The van der Waals surface area contributed by atoms with Crippen molar-refractivity contribution in [2.45, 2.75) is 45.3 Å². The quantitative estimate of drug-likeness (QED) is 0.349. The molecule has 36 heavy (non-hydrogen) atoms. The third kappa shape index (κ3) is 8.94. The lowest BCUT2D eigenvalue weighted by Gasteiger charge is -2.29. The first-order valence-electron chi connectivity index (χ1n) is 12.4. The number of amides is 3. The van der Waals surface area contributed by atoms with Crippen LogP contribution in [-0.4, -0.2) is 72.3 Å². The van der Waals surface area contributed by atoms with Gasteiger partial charge in [0.05, 0.1) is 19.3 Å². The molecule has 10 heteroatoms. The maximum Gasteiger partial charge on any atom is 0.469 e. The van der Waals surface area contributed by atoms with Gasteiger partial charge >= 0.3 is 13.1 Å². The Hall–Kier alpha value is -2.92. The molecular weight excluding hydrogens is 461 g/mol. The van der Waals surface area contributed by atoms with Gasteiger partial charge in [-0.3, -0.25) is 10.1 Å². The van der Waals surface area contributed by atoms with Crippen LogP contribution in [0, 0.1) is 5.92 Å². The van der Waals surface area contributed by atoms with Crippen molar-refractivity contribution in [3.05, 3.63) is 65.7 Å². The molecule has 0 bridgehead atoms. The fraction of sp³-hybridized carbons (Fsp3) is 0.462. The van der Waals surface area contributed by atoms with Gasteiger partial charge in [0.25, 0.3) is 0 Å². The molecule has 194 valence electrons. The number of benzene rings is 2. The summed E-state index contributed by atoms with van der Waals surface area (Å²) in [6.07, 6.45) is 0.702. The van der Waals surface area contributed by atoms with E-state index < -0.39 is 31.0 Å². The van der Waals surface area contributed by atoms with Crippen LogP contribution in [0.15, 0.2) is 54.6 Å². The van der Waals surface area contributed by atoms with Crippen LogP contribution in [0.4, 0.5) is 4.79 Å². The summed E-state index contributed by atoms with van der Waals surface area (Å²) in [6.45, 7) is 6.04. The maximum absolute atomic E-state index is 13.1. The highest BCUT2D eigenvalue weighted by Crippen LogP contribution is 2.16. The summed E-state index contributed by atoms with van der Waals surface area (Å²) in [6, 6.07) is 15.9. The lowest BCUT2D eigenvalue weighted by Crippen LogP contribution is -2.57. The molecule has 4 N–H and O–H groups in total. The Morgan fingerprint density at radius 1 is 1.03 bits per heavy atom. The molecule has 1 fully saturated rings. The minimum atomic E-state index is -1.65. The van der Waals surface area contributed by atoms with E-state index in [1.165, 1.54) is 4.90 Å². The Bertz CT molecular complexity index is 952. The monoisotopic (exact) mass is 497 g/mol. The predicted molar refractivity (Wildman–Crippen MR) is 137 cm³/mol. The molecule has 0 radical (unpaired) electrons.